The van der Waals surface area contributed by atoms with E-state index in [9.17, 15) is 0 Å². The van der Waals surface area contributed by atoms with Crippen molar-refractivity contribution in [1.82, 2.24) is 15.4 Å². The van der Waals surface area contributed by atoms with Crippen molar-refractivity contribution < 1.29 is 4.52 Å². The predicted octanol–water partition coefficient (Wildman–Crippen LogP) is 2.79. The second-order valence-corrected chi connectivity index (χ2v) is 6.88. The van der Waals surface area contributed by atoms with Gasteiger partial charge in [0.2, 0.25) is 0 Å². The van der Waals surface area contributed by atoms with Crippen LogP contribution in [0.5, 0.6) is 0 Å². The molecule has 1 aliphatic carbocycles. The fourth-order valence-corrected chi connectivity index (χ4v) is 2.32. The fourth-order valence-electron chi connectivity index (χ4n) is 2.32. The molecule has 108 valence electrons. The van der Waals surface area contributed by atoms with Crippen LogP contribution in [0.2, 0.25) is 0 Å². The van der Waals surface area contributed by atoms with E-state index in [0.29, 0.717) is 0 Å². The average Bonchev–Trinajstić information content (AvgIpc) is 2.68. The van der Waals surface area contributed by atoms with E-state index in [-0.39, 0.29) is 5.54 Å². The highest BCUT2D eigenvalue weighted by Crippen LogP contribution is 2.27. The smallest absolute Gasteiger partial charge is 0.151 e. The average molecular weight is 265 g/mol. The molecule has 0 bridgehead atoms. The molecule has 1 N–H and O–H groups in total. The van der Waals surface area contributed by atoms with E-state index in [1.807, 2.05) is 0 Å². The van der Waals surface area contributed by atoms with Gasteiger partial charge in [0.15, 0.2) is 5.76 Å². The Bertz CT molecular complexity index is 390. The van der Waals surface area contributed by atoms with Gasteiger partial charge in [0.05, 0.1) is 12.2 Å². The minimum absolute atomic E-state index is 0.111. The lowest BCUT2D eigenvalue weighted by atomic mass is 9.85. The molecule has 0 saturated heterocycles. The molecule has 1 aliphatic rings. The van der Waals surface area contributed by atoms with Gasteiger partial charge in [-0.2, -0.15) is 0 Å². The van der Waals surface area contributed by atoms with Gasteiger partial charge in [0, 0.05) is 24.7 Å². The van der Waals surface area contributed by atoms with Crippen LogP contribution in [0.15, 0.2) is 10.6 Å². The van der Waals surface area contributed by atoms with Gasteiger partial charge in [-0.25, -0.2) is 0 Å². The summed E-state index contributed by atoms with van der Waals surface area (Å²) in [6.45, 7) is 9.26. The summed E-state index contributed by atoms with van der Waals surface area (Å²) in [4.78, 5) is 2.34. The Labute approximate surface area is 116 Å². The molecule has 1 fully saturated rings. The van der Waals surface area contributed by atoms with Gasteiger partial charge in [0.25, 0.3) is 0 Å². The highest BCUT2D eigenvalue weighted by Gasteiger charge is 2.19. The SMILES string of the molecule is CN(Cc1cc(CNC(C)(C)C)no1)CC1CCC1. The first kappa shape index (κ1) is 14.5. The predicted molar refractivity (Wildman–Crippen MR) is 76.8 cm³/mol. The van der Waals surface area contributed by atoms with Gasteiger partial charge in [-0.1, -0.05) is 11.6 Å². The van der Waals surface area contributed by atoms with Gasteiger partial charge in [-0.3, -0.25) is 4.90 Å². The van der Waals surface area contributed by atoms with E-state index in [1.54, 1.807) is 0 Å². The number of hydrogen-bond donors (Lipinski definition) is 1. The lowest BCUT2D eigenvalue weighted by molar-refractivity contribution is 0.186. The number of hydrogen-bond acceptors (Lipinski definition) is 4. The molecule has 2 rings (SSSR count). The molecular formula is C15H27N3O. The fraction of sp³-hybridized carbons (Fsp3) is 0.800. The molecule has 0 aromatic carbocycles. The Kier molecular flexibility index (Phi) is 4.63. The van der Waals surface area contributed by atoms with Crippen LogP contribution in [0.4, 0.5) is 0 Å². The van der Waals surface area contributed by atoms with Crippen molar-refractivity contribution in [3.8, 4) is 0 Å². The zero-order valence-electron chi connectivity index (χ0n) is 12.7. The van der Waals surface area contributed by atoms with E-state index < -0.39 is 0 Å². The minimum Gasteiger partial charge on any atom is -0.360 e. The second kappa shape index (κ2) is 6.06. The van der Waals surface area contributed by atoms with E-state index in [0.717, 1.165) is 30.5 Å². The molecule has 0 spiro atoms. The molecule has 1 aromatic rings. The van der Waals surface area contributed by atoms with Crippen LogP contribution in [0.3, 0.4) is 0 Å². The van der Waals surface area contributed by atoms with Crippen LogP contribution in [0.25, 0.3) is 0 Å². The molecule has 0 atom stereocenters. The Morgan fingerprint density at radius 2 is 2.16 bits per heavy atom. The van der Waals surface area contributed by atoms with Crippen molar-refractivity contribution in [3.05, 3.63) is 17.5 Å². The van der Waals surface area contributed by atoms with E-state index in [4.69, 9.17) is 4.52 Å². The van der Waals surface area contributed by atoms with Crippen molar-refractivity contribution in [2.75, 3.05) is 13.6 Å². The van der Waals surface area contributed by atoms with Gasteiger partial charge in [-0.05, 0) is 46.6 Å². The zero-order chi connectivity index (χ0) is 13.9. The lowest BCUT2D eigenvalue weighted by Gasteiger charge is -2.29. The lowest BCUT2D eigenvalue weighted by Crippen LogP contribution is -2.35. The van der Waals surface area contributed by atoms with Crippen molar-refractivity contribution in [2.45, 2.75) is 58.7 Å². The maximum atomic E-state index is 5.40. The summed E-state index contributed by atoms with van der Waals surface area (Å²) >= 11 is 0. The Morgan fingerprint density at radius 1 is 1.42 bits per heavy atom. The summed E-state index contributed by atoms with van der Waals surface area (Å²) in [6.07, 6.45) is 4.19. The van der Waals surface area contributed by atoms with Gasteiger partial charge >= 0.3 is 0 Å². The Morgan fingerprint density at radius 3 is 2.74 bits per heavy atom. The third-order valence-electron chi connectivity index (χ3n) is 3.63. The summed E-state index contributed by atoms with van der Waals surface area (Å²) < 4.78 is 5.40. The molecule has 4 nitrogen and oxygen atoms in total. The molecule has 0 amide bonds. The van der Waals surface area contributed by atoms with Gasteiger partial charge in [-0.15, -0.1) is 0 Å². The van der Waals surface area contributed by atoms with E-state index in [1.165, 1.54) is 25.8 Å². The number of nitrogens with zero attached hydrogens (tertiary/aromatic N) is 2. The van der Waals surface area contributed by atoms with Crippen LogP contribution in [-0.4, -0.2) is 29.2 Å². The molecule has 1 heterocycles. The molecule has 1 saturated carbocycles. The second-order valence-electron chi connectivity index (χ2n) is 6.88. The minimum atomic E-state index is 0.111. The van der Waals surface area contributed by atoms with Crippen LogP contribution in [0.1, 0.15) is 51.5 Å². The quantitative estimate of drug-likeness (QED) is 0.858. The normalized spacial score (nSPS) is 16.9. The maximum absolute atomic E-state index is 5.40. The van der Waals surface area contributed by atoms with Crippen molar-refractivity contribution in [2.24, 2.45) is 5.92 Å². The highest BCUT2D eigenvalue weighted by molar-refractivity contribution is 5.05. The summed E-state index contributed by atoms with van der Waals surface area (Å²) in [5.41, 5.74) is 1.10. The standard InChI is InChI=1S/C15H27N3O/c1-15(2,3)16-9-13-8-14(19-17-13)11-18(4)10-12-6-5-7-12/h8,12,16H,5-7,9-11H2,1-4H3. The van der Waals surface area contributed by atoms with Gasteiger partial charge < -0.3 is 9.84 Å². The van der Waals surface area contributed by atoms with Crippen molar-refractivity contribution in [3.63, 3.8) is 0 Å². The summed E-state index contributed by atoms with van der Waals surface area (Å²) in [5, 5.41) is 7.54. The Balaban J connectivity index is 1.76. The topological polar surface area (TPSA) is 41.3 Å². The first-order valence-electron chi connectivity index (χ1n) is 7.30. The van der Waals surface area contributed by atoms with Gasteiger partial charge in [0.1, 0.15) is 0 Å². The Hall–Kier alpha value is -0.870. The molecular weight excluding hydrogens is 238 g/mol. The van der Waals surface area contributed by atoms with E-state index in [2.05, 4.69) is 49.3 Å². The molecule has 4 heteroatoms. The molecule has 0 aliphatic heterocycles. The number of nitrogens with one attached hydrogen (secondary N) is 1. The van der Waals surface area contributed by atoms with Crippen LogP contribution < -0.4 is 5.32 Å². The van der Waals surface area contributed by atoms with Crippen molar-refractivity contribution in [1.29, 1.82) is 0 Å². The summed E-state index contributed by atoms with van der Waals surface area (Å²) in [7, 11) is 2.16. The maximum Gasteiger partial charge on any atom is 0.151 e. The number of aromatic nitrogens is 1. The molecule has 1 aromatic heterocycles. The van der Waals surface area contributed by atoms with Crippen LogP contribution >= 0.6 is 0 Å². The van der Waals surface area contributed by atoms with Crippen LogP contribution in [-0.2, 0) is 13.1 Å². The van der Waals surface area contributed by atoms with E-state index >= 15 is 0 Å². The molecule has 0 radical (unpaired) electrons. The summed E-state index contributed by atoms with van der Waals surface area (Å²) in [6, 6.07) is 2.07. The van der Waals surface area contributed by atoms with Crippen molar-refractivity contribution >= 4 is 0 Å². The summed E-state index contributed by atoms with van der Waals surface area (Å²) in [5.74, 6) is 1.86. The number of rotatable bonds is 6. The molecule has 0 unspecified atom stereocenters. The first-order valence-corrected chi connectivity index (χ1v) is 7.30. The largest absolute Gasteiger partial charge is 0.360 e. The first-order chi connectivity index (χ1) is 8.92. The highest BCUT2D eigenvalue weighted by atomic mass is 16.5. The zero-order valence-corrected chi connectivity index (χ0v) is 12.7. The third kappa shape index (κ3) is 4.96. The monoisotopic (exact) mass is 265 g/mol. The third-order valence-corrected chi connectivity index (χ3v) is 3.63. The molecule has 19 heavy (non-hydrogen) atoms. The van der Waals surface area contributed by atoms with Crippen LogP contribution in [0, 0.1) is 5.92 Å².